The zero-order chi connectivity index (χ0) is 12.3. The van der Waals surface area contributed by atoms with E-state index in [-0.39, 0.29) is 12.1 Å². The molecule has 1 aliphatic rings. The lowest BCUT2D eigenvalue weighted by atomic mass is 10.1. The third kappa shape index (κ3) is 4.67. The van der Waals surface area contributed by atoms with E-state index in [2.05, 4.69) is 5.32 Å². The summed E-state index contributed by atoms with van der Waals surface area (Å²) in [5, 5.41) is 12.3. The zero-order valence-electron chi connectivity index (χ0n) is 9.59. The van der Waals surface area contributed by atoms with Crippen molar-refractivity contribution in [3.8, 4) is 0 Å². The summed E-state index contributed by atoms with van der Waals surface area (Å²) >= 11 is 0. The Bertz CT molecular complexity index is 221. The minimum atomic E-state index is -4.17. The summed E-state index contributed by atoms with van der Waals surface area (Å²) in [5.74, 6) is 0. The van der Waals surface area contributed by atoms with Crippen molar-refractivity contribution in [2.75, 3.05) is 19.6 Å². The molecule has 0 aromatic heterocycles. The first kappa shape index (κ1) is 13.7. The van der Waals surface area contributed by atoms with E-state index in [0.717, 1.165) is 0 Å². The molecular weight excluding hydrogens is 221 g/mol. The van der Waals surface area contributed by atoms with Crippen LogP contribution < -0.4 is 5.32 Å². The number of halogens is 3. The molecule has 1 heterocycles. The van der Waals surface area contributed by atoms with Gasteiger partial charge in [-0.25, -0.2) is 0 Å². The standard InChI is InChI=1S/C10H19F3N2O/c1-7(2)15(6-10(11,12)13)5-8-3-9(16)4-14-8/h7-9,14,16H,3-6H2,1-2H3. The highest BCUT2D eigenvalue weighted by Crippen LogP contribution is 2.19. The summed E-state index contributed by atoms with van der Waals surface area (Å²) < 4.78 is 36.9. The Morgan fingerprint density at radius 3 is 2.44 bits per heavy atom. The van der Waals surface area contributed by atoms with Crippen molar-refractivity contribution in [2.45, 2.75) is 44.6 Å². The van der Waals surface area contributed by atoms with E-state index in [1.54, 1.807) is 13.8 Å². The van der Waals surface area contributed by atoms with Gasteiger partial charge in [-0.1, -0.05) is 0 Å². The largest absolute Gasteiger partial charge is 0.401 e. The first-order valence-corrected chi connectivity index (χ1v) is 5.50. The minimum Gasteiger partial charge on any atom is -0.392 e. The molecule has 0 aromatic carbocycles. The van der Waals surface area contributed by atoms with Crippen molar-refractivity contribution in [1.29, 1.82) is 0 Å². The van der Waals surface area contributed by atoms with Gasteiger partial charge in [0.15, 0.2) is 0 Å². The lowest BCUT2D eigenvalue weighted by Gasteiger charge is -2.29. The van der Waals surface area contributed by atoms with Gasteiger partial charge in [0.1, 0.15) is 0 Å². The Hall–Kier alpha value is -0.330. The van der Waals surface area contributed by atoms with Crippen molar-refractivity contribution in [3.05, 3.63) is 0 Å². The van der Waals surface area contributed by atoms with Crippen LogP contribution in [-0.4, -0.2) is 54.0 Å². The predicted octanol–water partition coefficient (Wildman–Crippen LogP) is 0.982. The number of alkyl halides is 3. The van der Waals surface area contributed by atoms with E-state index < -0.39 is 18.8 Å². The summed E-state index contributed by atoms with van der Waals surface area (Å²) in [6.07, 6.45) is -4.06. The van der Waals surface area contributed by atoms with Gasteiger partial charge in [-0.2, -0.15) is 13.2 Å². The molecule has 0 bridgehead atoms. The monoisotopic (exact) mass is 240 g/mol. The molecule has 2 atom stereocenters. The Morgan fingerprint density at radius 1 is 1.44 bits per heavy atom. The van der Waals surface area contributed by atoms with Gasteiger partial charge in [0.25, 0.3) is 0 Å². The molecule has 16 heavy (non-hydrogen) atoms. The molecule has 0 radical (unpaired) electrons. The fourth-order valence-corrected chi connectivity index (χ4v) is 1.91. The number of rotatable bonds is 4. The number of nitrogens with one attached hydrogen (secondary N) is 1. The van der Waals surface area contributed by atoms with Crippen LogP contribution in [-0.2, 0) is 0 Å². The number of β-amino-alcohol motifs (C(OH)–C–C–N with tert-alkyl or cyclic N) is 1. The SMILES string of the molecule is CC(C)N(CC1CC(O)CN1)CC(F)(F)F. The van der Waals surface area contributed by atoms with Crippen LogP contribution in [0.4, 0.5) is 13.2 Å². The summed E-state index contributed by atoms with van der Waals surface area (Å²) in [4.78, 5) is 1.38. The Labute approximate surface area is 93.6 Å². The first-order valence-electron chi connectivity index (χ1n) is 5.50. The molecule has 0 amide bonds. The van der Waals surface area contributed by atoms with Crippen LogP contribution in [0.2, 0.25) is 0 Å². The summed E-state index contributed by atoms with van der Waals surface area (Å²) in [6, 6.07) is -0.194. The molecule has 2 N–H and O–H groups in total. The zero-order valence-corrected chi connectivity index (χ0v) is 9.59. The topological polar surface area (TPSA) is 35.5 Å². The molecule has 0 aromatic rings. The van der Waals surface area contributed by atoms with E-state index in [1.807, 2.05) is 0 Å². The number of hydrogen-bond donors (Lipinski definition) is 2. The van der Waals surface area contributed by atoms with Crippen LogP contribution in [0.1, 0.15) is 20.3 Å². The summed E-state index contributed by atoms with van der Waals surface area (Å²) in [7, 11) is 0. The van der Waals surface area contributed by atoms with Gasteiger partial charge in [0, 0.05) is 25.2 Å². The van der Waals surface area contributed by atoms with Crippen molar-refractivity contribution < 1.29 is 18.3 Å². The second-order valence-electron chi connectivity index (χ2n) is 4.63. The van der Waals surface area contributed by atoms with Crippen molar-refractivity contribution in [2.24, 2.45) is 0 Å². The molecule has 6 heteroatoms. The molecule has 3 nitrogen and oxygen atoms in total. The maximum Gasteiger partial charge on any atom is 0.401 e. The van der Waals surface area contributed by atoms with Gasteiger partial charge >= 0.3 is 6.18 Å². The van der Waals surface area contributed by atoms with Crippen LogP contribution in [0.25, 0.3) is 0 Å². The molecule has 0 saturated carbocycles. The number of nitrogens with zero attached hydrogens (tertiary/aromatic N) is 1. The first-order chi connectivity index (χ1) is 7.28. The lowest BCUT2D eigenvalue weighted by molar-refractivity contribution is -0.150. The van der Waals surface area contributed by atoms with E-state index >= 15 is 0 Å². The molecule has 0 spiro atoms. The molecule has 1 aliphatic heterocycles. The normalized spacial score (nSPS) is 27.0. The average molecular weight is 240 g/mol. The van der Waals surface area contributed by atoms with Gasteiger partial charge in [0.05, 0.1) is 12.6 Å². The van der Waals surface area contributed by atoms with E-state index in [0.29, 0.717) is 19.5 Å². The van der Waals surface area contributed by atoms with Gasteiger partial charge < -0.3 is 10.4 Å². The van der Waals surface area contributed by atoms with Gasteiger partial charge in [-0.3, -0.25) is 4.90 Å². The number of aliphatic hydroxyl groups excluding tert-OH is 1. The van der Waals surface area contributed by atoms with Crippen molar-refractivity contribution in [3.63, 3.8) is 0 Å². The average Bonchev–Trinajstić information content (AvgIpc) is 2.47. The highest BCUT2D eigenvalue weighted by Gasteiger charge is 2.33. The fraction of sp³-hybridized carbons (Fsp3) is 1.00. The van der Waals surface area contributed by atoms with Gasteiger partial charge in [-0.05, 0) is 20.3 Å². The molecule has 1 saturated heterocycles. The van der Waals surface area contributed by atoms with E-state index in [4.69, 9.17) is 0 Å². The van der Waals surface area contributed by atoms with Crippen molar-refractivity contribution >= 4 is 0 Å². The third-order valence-electron chi connectivity index (χ3n) is 2.77. The second-order valence-corrected chi connectivity index (χ2v) is 4.63. The van der Waals surface area contributed by atoms with Crippen LogP contribution >= 0.6 is 0 Å². The van der Waals surface area contributed by atoms with Crippen LogP contribution in [0.3, 0.4) is 0 Å². The van der Waals surface area contributed by atoms with E-state index in [9.17, 15) is 18.3 Å². The van der Waals surface area contributed by atoms with E-state index in [1.165, 1.54) is 4.90 Å². The summed E-state index contributed by atoms with van der Waals surface area (Å²) in [5.41, 5.74) is 0. The third-order valence-corrected chi connectivity index (χ3v) is 2.77. The molecule has 0 aliphatic carbocycles. The fourth-order valence-electron chi connectivity index (χ4n) is 1.91. The van der Waals surface area contributed by atoms with Gasteiger partial charge in [-0.15, -0.1) is 0 Å². The lowest BCUT2D eigenvalue weighted by Crippen LogP contribution is -2.45. The predicted molar refractivity (Wildman–Crippen MR) is 55.2 cm³/mol. The van der Waals surface area contributed by atoms with Crippen LogP contribution in [0, 0.1) is 0 Å². The number of hydrogen-bond acceptors (Lipinski definition) is 3. The molecule has 2 unspecified atom stereocenters. The molecule has 1 rings (SSSR count). The highest BCUT2D eigenvalue weighted by atomic mass is 19.4. The number of aliphatic hydroxyl groups is 1. The molecule has 96 valence electrons. The smallest absolute Gasteiger partial charge is 0.392 e. The van der Waals surface area contributed by atoms with Crippen LogP contribution in [0.5, 0.6) is 0 Å². The molecule has 1 fully saturated rings. The van der Waals surface area contributed by atoms with Crippen molar-refractivity contribution in [1.82, 2.24) is 10.2 Å². The van der Waals surface area contributed by atoms with Gasteiger partial charge in [0.2, 0.25) is 0 Å². The summed E-state index contributed by atoms with van der Waals surface area (Å²) in [6.45, 7) is 3.41. The highest BCUT2D eigenvalue weighted by molar-refractivity contribution is 4.84. The Morgan fingerprint density at radius 2 is 2.06 bits per heavy atom. The Balaban J connectivity index is 2.45. The maximum absolute atomic E-state index is 12.3. The quantitative estimate of drug-likeness (QED) is 0.769. The minimum absolute atomic E-state index is 0.0419. The van der Waals surface area contributed by atoms with Crippen LogP contribution in [0.15, 0.2) is 0 Å². The Kier molecular flexibility index (Phi) is 4.58. The molecular formula is C10H19F3N2O. The second kappa shape index (κ2) is 5.33. The maximum atomic E-state index is 12.3.